The summed E-state index contributed by atoms with van der Waals surface area (Å²) in [4.78, 5) is 7.78. The summed E-state index contributed by atoms with van der Waals surface area (Å²) in [5.74, 6) is 0.664. The molecule has 0 bridgehead atoms. The molecule has 3 heteroatoms. The molecular weight excluding hydrogens is 499 g/mol. The van der Waals surface area contributed by atoms with Crippen molar-refractivity contribution in [2.24, 2.45) is 5.92 Å². The number of aryl methyl sites for hydroxylation is 2. The maximum atomic E-state index is 4.99. The van der Waals surface area contributed by atoms with E-state index in [2.05, 4.69) is 109 Å². The normalized spacial score (nSPS) is 12.4. The van der Waals surface area contributed by atoms with Gasteiger partial charge in [-0.15, -0.1) is 22.7 Å². The van der Waals surface area contributed by atoms with E-state index in [0.717, 1.165) is 12.1 Å². The van der Waals surface area contributed by atoms with Gasteiger partial charge in [0, 0.05) is 36.3 Å². The zero-order valence-electron chi connectivity index (χ0n) is 23.4. The highest BCUT2D eigenvalue weighted by Gasteiger charge is 2.22. The highest BCUT2D eigenvalue weighted by Crippen LogP contribution is 2.48. The van der Waals surface area contributed by atoms with Crippen molar-refractivity contribution < 1.29 is 0 Å². The van der Waals surface area contributed by atoms with E-state index >= 15 is 0 Å². The molecule has 0 atom stereocenters. The average Bonchev–Trinajstić information content (AvgIpc) is 3.38. The predicted molar refractivity (Wildman–Crippen MR) is 170 cm³/mol. The highest BCUT2D eigenvalue weighted by atomic mass is 32.1. The first-order valence-corrected chi connectivity index (χ1v) is 15.2. The van der Waals surface area contributed by atoms with E-state index in [-0.39, 0.29) is 5.41 Å². The van der Waals surface area contributed by atoms with Crippen LogP contribution < -0.4 is 0 Å². The average molecular weight is 534 g/mol. The fourth-order valence-electron chi connectivity index (χ4n) is 5.78. The molecular formula is C35H35NS2. The van der Waals surface area contributed by atoms with Crippen molar-refractivity contribution in [2.75, 3.05) is 0 Å². The Kier molecular flexibility index (Phi) is 6.20. The van der Waals surface area contributed by atoms with Gasteiger partial charge in [0.25, 0.3) is 0 Å². The Morgan fingerprint density at radius 3 is 2.29 bits per heavy atom. The molecule has 0 fully saturated rings. The molecule has 0 aliphatic rings. The highest BCUT2D eigenvalue weighted by molar-refractivity contribution is 7.28. The zero-order valence-corrected chi connectivity index (χ0v) is 25.0. The van der Waals surface area contributed by atoms with Crippen molar-refractivity contribution in [1.29, 1.82) is 0 Å². The van der Waals surface area contributed by atoms with Crippen LogP contribution in [0.1, 0.15) is 56.9 Å². The van der Waals surface area contributed by atoms with Gasteiger partial charge < -0.3 is 0 Å². The van der Waals surface area contributed by atoms with Crippen molar-refractivity contribution >= 4 is 53.6 Å². The van der Waals surface area contributed by atoms with E-state index in [1.807, 2.05) is 28.9 Å². The van der Waals surface area contributed by atoms with E-state index in [1.54, 1.807) is 0 Å². The van der Waals surface area contributed by atoms with E-state index in [9.17, 15) is 0 Å². The van der Waals surface area contributed by atoms with E-state index in [0.29, 0.717) is 5.92 Å². The summed E-state index contributed by atoms with van der Waals surface area (Å²) in [5.41, 5.74) is 7.89. The van der Waals surface area contributed by atoms with Gasteiger partial charge in [0.2, 0.25) is 0 Å². The molecule has 0 spiro atoms. The Morgan fingerprint density at radius 1 is 0.789 bits per heavy atom. The Bertz CT molecular complexity index is 1820. The monoisotopic (exact) mass is 533 g/mol. The molecule has 3 heterocycles. The smallest absolute Gasteiger partial charge is 0.0791 e. The standard InChI is InChI=1S/C35H35NS2/c1-20(2)16-23-12-13-26-21(3)33(38-30(26)17-23)34-22(4)31-29(37-34)14-15-36-32(31)25-18-24-10-8-9-11-27(24)28(19-25)35(5,6)7/h8-15,17-20H,16H2,1-7H3. The van der Waals surface area contributed by atoms with Crippen LogP contribution in [0.15, 0.2) is 66.9 Å². The minimum atomic E-state index is 0.0426. The van der Waals surface area contributed by atoms with Crippen LogP contribution in [-0.2, 0) is 11.8 Å². The number of nitrogens with zero attached hydrogens (tertiary/aromatic N) is 1. The predicted octanol–water partition coefficient (Wildman–Crippen LogP) is 11.1. The van der Waals surface area contributed by atoms with Crippen molar-refractivity contribution in [3.05, 3.63) is 89.1 Å². The Hall–Kier alpha value is -3.01. The number of fused-ring (bicyclic) bond motifs is 3. The Labute approximate surface area is 234 Å². The third-order valence-electron chi connectivity index (χ3n) is 7.64. The molecule has 6 rings (SSSR count). The van der Waals surface area contributed by atoms with Gasteiger partial charge in [-0.25, -0.2) is 0 Å². The Balaban J connectivity index is 1.55. The summed E-state index contributed by atoms with van der Waals surface area (Å²) in [6.45, 7) is 16.1. The lowest BCUT2D eigenvalue weighted by Gasteiger charge is -2.23. The number of hydrogen-bond donors (Lipinski definition) is 0. The number of aromatic nitrogens is 1. The van der Waals surface area contributed by atoms with Crippen molar-refractivity contribution in [1.82, 2.24) is 4.98 Å². The lowest BCUT2D eigenvalue weighted by atomic mass is 9.82. The summed E-state index contributed by atoms with van der Waals surface area (Å²) in [5, 5.41) is 5.29. The molecule has 3 aromatic heterocycles. The zero-order chi connectivity index (χ0) is 26.8. The van der Waals surface area contributed by atoms with Crippen LogP contribution in [0.25, 0.3) is 52.0 Å². The van der Waals surface area contributed by atoms with Crippen LogP contribution in [0.5, 0.6) is 0 Å². The van der Waals surface area contributed by atoms with Crippen LogP contribution >= 0.6 is 22.7 Å². The van der Waals surface area contributed by atoms with E-state index < -0.39 is 0 Å². The number of rotatable bonds is 4. The second-order valence-corrected chi connectivity index (χ2v) is 14.2. The minimum Gasteiger partial charge on any atom is -0.256 e. The second-order valence-electron chi connectivity index (χ2n) is 12.1. The SMILES string of the molecule is Cc1c(-c2sc3ccnc(-c4cc(C(C)(C)C)c5ccccc5c4)c3c2C)sc2cc(CC(C)C)ccc12. The third kappa shape index (κ3) is 4.26. The van der Waals surface area contributed by atoms with Crippen molar-refractivity contribution in [3.63, 3.8) is 0 Å². The van der Waals surface area contributed by atoms with Crippen molar-refractivity contribution in [3.8, 4) is 21.0 Å². The van der Waals surface area contributed by atoms with Crippen LogP contribution in [0, 0.1) is 19.8 Å². The van der Waals surface area contributed by atoms with Gasteiger partial charge in [-0.1, -0.05) is 71.0 Å². The van der Waals surface area contributed by atoms with Gasteiger partial charge in [-0.3, -0.25) is 4.98 Å². The molecule has 38 heavy (non-hydrogen) atoms. The largest absolute Gasteiger partial charge is 0.256 e. The number of benzene rings is 3. The lowest BCUT2D eigenvalue weighted by Crippen LogP contribution is -2.12. The minimum absolute atomic E-state index is 0.0426. The first-order chi connectivity index (χ1) is 18.1. The third-order valence-corrected chi connectivity index (χ3v) is 10.3. The summed E-state index contributed by atoms with van der Waals surface area (Å²) >= 11 is 3.86. The quantitative estimate of drug-likeness (QED) is 0.220. The van der Waals surface area contributed by atoms with E-state index in [1.165, 1.54) is 68.5 Å². The summed E-state index contributed by atoms with van der Waals surface area (Å²) < 4.78 is 2.71. The van der Waals surface area contributed by atoms with Gasteiger partial charge in [-0.05, 0) is 94.3 Å². The summed E-state index contributed by atoms with van der Waals surface area (Å²) in [6.07, 6.45) is 3.11. The molecule has 192 valence electrons. The first kappa shape index (κ1) is 25.3. The number of thiophene rings is 2. The molecule has 1 nitrogen and oxygen atoms in total. The maximum Gasteiger partial charge on any atom is 0.0791 e. The first-order valence-electron chi connectivity index (χ1n) is 13.6. The van der Waals surface area contributed by atoms with Crippen LogP contribution in [0.4, 0.5) is 0 Å². The lowest BCUT2D eigenvalue weighted by molar-refractivity contribution is 0.596. The molecule has 0 unspecified atom stereocenters. The molecule has 0 saturated heterocycles. The molecule has 0 saturated carbocycles. The van der Waals surface area contributed by atoms with E-state index in [4.69, 9.17) is 4.98 Å². The topological polar surface area (TPSA) is 12.9 Å². The van der Waals surface area contributed by atoms with Crippen LogP contribution in [0.2, 0.25) is 0 Å². The molecule has 0 aliphatic heterocycles. The van der Waals surface area contributed by atoms with Crippen LogP contribution in [0.3, 0.4) is 0 Å². The van der Waals surface area contributed by atoms with Crippen LogP contribution in [-0.4, -0.2) is 4.98 Å². The number of pyridine rings is 1. The molecule has 3 aromatic carbocycles. The summed E-state index contributed by atoms with van der Waals surface area (Å²) in [6, 6.07) is 22.7. The maximum absolute atomic E-state index is 4.99. The fraction of sp³-hybridized carbons (Fsp3) is 0.286. The molecule has 0 amide bonds. The van der Waals surface area contributed by atoms with Crippen molar-refractivity contribution in [2.45, 2.75) is 60.3 Å². The van der Waals surface area contributed by atoms with Gasteiger partial charge in [0.05, 0.1) is 5.69 Å². The van der Waals surface area contributed by atoms with Gasteiger partial charge in [-0.2, -0.15) is 0 Å². The Morgan fingerprint density at radius 2 is 1.53 bits per heavy atom. The number of hydrogen-bond acceptors (Lipinski definition) is 3. The molecule has 0 radical (unpaired) electrons. The molecule has 6 aromatic rings. The fourth-order valence-corrected chi connectivity index (χ4v) is 8.50. The summed E-state index contributed by atoms with van der Waals surface area (Å²) in [7, 11) is 0. The van der Waals surface area contributed by atoms with Gasteiger partial charge in [0.1, 0.15) is 0 Å². The molecule has 0 aliphatic carbocycles. The second kappa shape index (κ2) is 9.32. The molecule has 0 N–H and O–H groups in total. The van der Waals surface area contributed by atoms with Gasteiger partial charge in [0.15, 0.2) is 0 Å². The van der Waals surface area contributed by atoms with Gasteiger partial charge >= 0.3 is 0 Å².